The van der Waals surface area contributed by atoms with E-state index in [1.807, 2.05) is 13.8 Å². The van der Waals surface area contributed by atoms with Crippen LogP contribution in [0.4, 0.5) is 5.69 Å². The summed E-state index contributed by atoms with van der Waals surface area (Å²) >= 11 is 14.4. The molecular weight excluding hydrogens is 612 g/mol. The third kappa shape index (κ3) is 8.28. The molecule has 11 heteroatoms. The number of carbonyl (C=O) groups is 2. The van der Waals surface area contributed by atoms with Crippen molar-refractivity contribution in [3.63, 3.8) is 0 Å². The van der Waals surface area contributed by atoms with Gasteiger partial charge in [-0.05, 0) is 77.4 Å². The Morgan fingerprint density at radius 3 is 2.21 bits per heavy atom. The fourth-order valence-corrected chi connectivity index (χ4v) is 4.77. The summed E-state index contributed by atoms with van der Waals surface area (Å²) in [6, 6.07) is 10.8. The molecule has 2 amide bonds. The van der Waals surface area contributed by atoms with Crippen molar-refractivity contribution in [2.24, 2.45) is 5.92 Å². The molecule has 2 rings (SSSR count). The van der Waals surface area contributed by atoms with Crippen LogP contribution in [0.1, 0.15) is 26.3 Å². The molecule has 0 unspecified atom stereocenters. The first-order chi connectivity index (χ1) is 15.8. The van der Waals surface area contributed by atoms with Crippen molar-refractivity contribution >= 4 is 73.3 Å². The minimum atomic E-state index is -3.77. The number of rotatable bonds is 10. The smallest absolute Gasteiger partial charge is 0.244 e. The summed E-state index contributed by atoms with van der Waals surface area (Å²) < 4.78 is 27.0. The Kier molecular flexibility index (Phi) is 10.5. The average molecular weight is 640 g/mol. The van der Waals surface area contributed by atoms with Gasteiger partial charge in [-0.15, -0.1) is 0 Å². The summed E-state index contributed by atoms with van der Waals surface area (Å²) in [6.07, 6.45) is 1.04. The number of nitrogens with zero attached hydrogens (tertiary/aromatic N) is 2. The van der Waals surface area contributed by atoms with Crippen molar-refractivity contribution in [2.45, 2.75) is 33.4 Å². The van der Waals surface area contributed by atoms with Crippen LogP contribution < -0.4 is 9.62 Å². The van der Waals surface area contributed by atoms with Gasteiger partial charge in [0.2, 0.25) is 21.8 Å². The lowest BCUT2D eigenvalue weighted by atomic mass is 10.1. The van der Waals surface area contributed by atoms with E-state index in [0.717, 1.165) is 14.1 Å². The number of benzene rings is 2. The van der Waals surface area contributed by atoms with E-state index in [9.17, 15) is 18.0 Å². The van der Waals surface area contributed by atoms with Crippen LogP contribution in [0.25, 0.3) is 0 Å². The molecule has 0 bridgehead atoms. The summed E-state index contributed by atoms with van der Waals surface area (Å²) in [5.41, 5.74) is 0.945. The van der Waals surface area contributed by atoms with Gasteiger partial charge >= 0.3 is 0 Å². The molecule has 2 aromatic carbocycles. The molecule has 34 heavy (non-hydrogen) atoms. The van der Waals surface area contributed by atoms with Crippen molar-refractivity contribution in [3.8, 4) is 0 Å². The minimum Gasteiger partial charge on any atom is -0.354 e. The van der Waals surface area contributed by atoms with Gasteiger partial charge in [0, 0.05) is 26.7 Å². The quantitative estimate of drug-likeness (QED) is 0.387. The Morgan fingerprint density at radius 2 is 1.68 bits per heavy atom. The first kappa shape index (κ1) is 28.7. The van der Waals surface area contributed by atoms with E-state index in [1.165, 1.54) is 4.90 Å². The Hall–Kier alpha value is -1.56. The summed E-state index contributed by atoms with van der Waals surface area (Å²) in [5, 5.41) is 3.61. The van der Waals surface area contributed by atoms with E-state index in [4.69, 9.17) is 23.2 Å². The van der Waals surface area contributed by atoms with Crippen molar-refractivity contribution in [1.82, 2.24) is 10.2 Å². The van der Waals surface area contributed by atoms with Gasteiger partial charge in [-0.25, -0.2) is 8.42 Å². The molecule has 0 aliphatic rings. The van der Waals surface area contributed by atoms with Gasteiger partial charge in [0.15, 0.2) is 0 Å². The zero-order valence-corrected chi connectivity index (χ0v) is 23.9. The number of hydrogen-bond acceptors (Lipinski definition) is 4. The maximum Gasteiger partial charge on any atom is 0.244 e. The van der Waals surface area contributed by atoms with Gasteiger partial charge in [-0.3, -0.25) is 13.9 Å². The molecule has 0 fully saturated rings. The van der Waals surface area contributed by atoms with Gasteiger partial charge < -0.3 is 10.2 Å². The second-order valence-corrected chi connectivity index (χ2v) is 12.3. The largest absolute Gasteiger partial charge is 0.354 e. The number of sulfonamides is 1. The summed E-state index contributed by atoms with van der Waals surface area (Å²) in [6.45, 7) is 5.53. The van der Waals surface area contributed by atoms with Gasteiger partial charge in [-0.1, -0.05) is 43.1 Å². The summed E-state index contributed by atoms with van der Waals surface area (Å²) in [7, 11) is -3.77. The van der Waals surface area contributed by atoms with E-state index in [1.54, 1.807) is 49.4 Å². The highest BCUT2D eigenvalue weighted by Crippen LogP contribution is 2.24. The molecule has 1 N–H and O–H groups in total. The second kappa shape index (κ2) is 12.4. The number of anilines is 1. The third-order valence-corrected chi connectivity index (χ3v) is 7.45. The van der Waals surface area contributed by atoms with Gasteiger partial charge in [0.1, 0.15) is 12.6 Å². The molecule has 0 aliphatic carbocycles. The zero-order valence-electron chi connectivity index (χ0n) is 19.4. The van der Waals surface area contributed by atoms with Crippen molar-refractivity contribution in [2.75, 3.05) is 23.7 Å². The van der Waals surface area contributed by atoms with Crippen LogP contribution in [0.15, 0.2) is 42.5 Å². The number of amides is 2. The van der Waals surface area contributed by atoms with E-state index < -0.39 is 28.5 Å². The lowest BCUT2D eigenvalue weighted by Crippen LogP contribution is -2.51. The van der Waals surface area contributed by atoms with E-state index >= 15 is 0 Å². The van der Waals surface area contributed by atoms with Gasteiger partial charge in [0.05, 0.1) is 11.9 Å². The fraction of sp³-hybridized carbons (Fsp3) is 0.391. The number of halogens is 3. The lowest BCUT2D eigenvalue weighted by Gasteiger charge is -2.32. The van der Waals surface area contributed by atoms with E-state index in [-0.39, 0.29) is 18.4 Å². The Labute approximate surface area is 225 Å². The maximum absolute atomic E-state index is 13.5. The van der Waals surface area contributed by atoms with Crippen molar-refractivity contribution in [1.29, 1.82) is 0 Å². The molecule has 186 valence electrons. The number of nitrogens with one attached hydrogen (secondary N) is 1. The Morgan fingerprint density at radius 1 is 1.06 bits per heavy atom. The van der Waals surface area contributed by atoms with Crippen molar-refractivity contribution < 1.29 is 18.0 Å². The lowest BCUT2D eigenvalue weighted by molar-refractivity contribution is -0.139. The molecule has 7 nitrogen and oxygen atoms in total. The molecule has 0 aliphatic heterocycles. The van der Waals surface area contributed by atoms with Gasteiger partial charge in [-0.2, -0.15) is 0 Å². The van der Waals surface area contributed by atoms with Gasteiger partial charge in [0.25, 0.3) is 0 Å². The number of hydrogen-bond donors (Lipinski definition) is 1. The first-order valence-corrected chi connectivity index (χ1v) is 14.2. The summed E-state index contributed by atoms with van der Waals surface area (Å²) in [4.78, 5) is 27.6. The Bertz CT molecular complexity index is 1130. The molecule has 0 saturated carbocycles. The number of carbonyl (C=O) groups excluding carboxylic acids is 2. The van der Waals surface area contributed by atoms with E-state index in [0.29, 0.717) is 27.8 Å². The van der Waals surface area contributed by atoms with Crippen LogP contribution in [-0.2, 0) is 26.2 Å². The third-order valence-electron chi connectivity index (χ3n) is 5.00. The van der Waals surface area contributed by atoms with Crippen LogP contribution in [0, 0.1) is 9.49 Å². The summed E-state index contributed by atoms with van der Waals surface area (Å²) in [5.74, 6) is -0.651. The molecule has 1 atom stereocenters. The molecule has 2 aromatic rings. The molecule has 0 heterocycles. The average Bonchev–Trinajstić information content (AvgIpc) is 2.74. The van der Waals surface area contributed by atoms with Crippen LogP contribution in [-0.4, -0.2) is 50.5 Å². The van der Waals surface area contributed by atoms with Crippen molar-refractivity contribution in [3.05, 3.63) is 61.6 Å². The molecule has 0 radical (unpaired) electrons. The highest BCUT2D eigenvalue weighted by molar-refractivity contribution is 14.1. The molecule has 0 saturated heterocycles. The first-order valence-electron chi connectivity index (χ1n) is 10.5. The normalized spacial score (nSPS) is 12.4. The van der Waals surface area contributed by atoms with Crippen LogP contribution in [0.5, 0.6) is 0 Å². The second-order valence-electron chi connectivity index (χ2n) is 8.32. The predicted molar refractivity (Wildman–Crippen MR) is 146 cm³/mol. The highest BCUT2D eigenvalue weighted by Gasteiger charge is 2.30. The SMILES string of the molecule is CC(C)CNC(=O)[C@@H](C)N(Cc1ccc(Cl)cc1Cl)C(=O)CN(c1ccc(I)cc1)S(C)(=O)=O. The fourth-order valence-electron chi connectivity index (χ4n) is 3.09. The zero-order chi connectivity index (χ0) is 25.6. The molecular formula is C23H28Cl2IN3O4S. The highest BCUT2D eigenvalue weighted by atomic mass is 127. The minimum absolute atomic E-state index is 0.00932. The van der Waals surface area contributed by atoms with E-state index in [2.05, 4.69) is 27.9 Å². The standard InChI is InChI=1S/C23H28Cl2IN3O4S/c1-15(2)12-27-23(31)16(3)28(13-17-5-6-18(24)11-21(17)25)22(30)14-29(34(4,32)33)20-9-7-19(26)8-10-20/h5-11,15-16H,12-14H2,1-4H3,(H,27,31)/t16-/m1/s1. The Balaban J connectivity index is 2.39. The monoisotopic (exact) mass is 639 g/mol. The maximum atomic E-state index is 13.5. The predicted octanol–water partition coefficient (Wildman–Crippen LogP) is 4.55. The van der Waals surface area contributed by atoms with Crippen LogP contribution >= 0.6 is 45.8 Å². The van der Waals surface area contributed by atoms with Crippen LogP contribution in [0.3, 0.4) is 0 Å². The topological polar surface area (TPSA) is 86.8 Å². The molecule has 0 spiro atoms. The van der Waals surface area contributed by atoms with Crippen LogP contribution in [0.2, 0.25) is 10.0 Å². The molecule has 0 aromatic heterocycles.